The summed E-state index contributed by atoms with van der Waals surface area (Å²) in [5, 5.41) is 0. The van der Waals surface area contributed by atoms with E-state index in [1.807, 2.05) is 52.0 Å². The van der Waals surface area contributed by atoms with Crippen LogP contribution in [0.2, 0.25) is 0 Å². The van der Waals surface area contributed by atoms with Crippen molar-refractivity contribution < 1.29 is 23.6 Å². The van der Waals surface area contributed by atoms with E-state index in [1.54, 1.807) is 7.11 Å². The lowest BCUT2D eigenvalue weighted by molar-refractivity contribution is -0.134. The van der Waals surface area contributed by atoms with Crippen molar-refractivity contribution in [2.24, 2.45) is 0 Å². The van der Waals surface area contributed by atoms with Gasteiger partial charge in [-0.1, -0.05) is 12.1 Å². The maximum Gasteiger partial charge on any atom is 0.494 e. The number of benzene rings is 1. The summed E-state index contributed by atoms with van der Waals surface area (Å²) < 4.78 is 22.5. The fourth-order valence-electron chi connectivity index (χ4n) is 2.65. The first kappa shape index (κ1) is 16.1. The molecule has 23 heavy (non-hydrogen) atoms. The first-order chi connectivity index (χ1) is 10.7. The highest BCUT2D eigenvalue weighted by atomic mass is 16.7. The van der Waals surface area contributed by atoms with Crippen LogP contribution >= 0.6 is 0 Å². The predicted molar refractivity (Wildman–Crippen MR) is 87.0 cm³/mol. The van der Waals surface area contributed by atoms with E-state index in [0.717, 1.165) is 16.8 Å². The third-order valence-electron chi connectivity index (χ3n) is 4.80. The highest BCUT2D eigenvalue weighted by Crippen LogP contribution is 2.41. The van der Waals surface area contributed by atoms with E-state index in [-0.39, 0.29) is 12.6 Å². The summed E-state index contributed by atoms with van der Waals surface area (Å²) >= 11 is 0. The molecule has 1 saturated heterocycles. The zero-order valence-electron chi connectivity index (χ0n) is 14.1. The first-order valence-corrected chi connectivity index (χ1v) is 7.65. The normalized spacial score (nSPS) is 22.5. The summed E-state index contributed by atoms with van der Waals surface area (Å²) in [5.41, 5.74) is 1.12. The van der Waals surface area contributed by atoms with Gasteiger partial charge in [0.1, 0.15) is 12.4 Å². The quantitative estimate of drug-likeness (QED) is 0.634. The molecule has 2 heterocycles. The molecule has 0 aromatic heterocycles. The van der Waals surface area contributed by atoms with Crippen LogP contribution in [0.3, 0.4) is 0 Å². The first-order valence-electron chi connectivity index (χ1n) is 7.65. The Morgan fingerprint density at radius 1 is 1.04 bits per heavy atom. The summed E-state index contributed by atoms with van der Waals surface area (Å²) in [4.78, 5) is 12.2. The van der Waals surface area contributed by atoms with Crippen molar-refractivity contribution in [3.63, 3.8) is 0 Å². The number of carbonyl (C=O) groups excluding carboxylic acids is 1. The molecule has 0 bridgehead atoms. The van der Waals surface area contributed by atoms with Crippen molar-refractivity contribution >= 4 is 18.7 Å². The van der Waals surface area contributed by atoms with Gasteiger partial charge in [-0.25, -0.2) is 4.79 Å². The Kier molecular flexibility index (Phi) is 3.77. The highest BCUT2D eigenvalue weighted by molar-refractivity contribution is 6.59. The molecule has 0 unspecified atom stereocenters. The lowest BCUT2D eigenvalue weighted by Crippen LogP contribution is -2.41. The Morgan fingerprint density at radius 3 is 2.13 bits per heavy atom. The fourth-order valence-corrected chi connectivity index (χ4v) is 2.65. The molecule has 3 rings (SSSR count). The minimum atomic E-state index is -0.580. The van der Waals surface area contributed by atoms with Gasteiger partial charge in [-0.15, -0.1) is 0 Å². The van der Waals surface area contributed by atoms with Gasteiger partial charge >= 0.3 is 13.1 Å². The Balaban J connectivity index is 1.98. The highest BCUT2D eigenvalue weighted by Gasteiger charge is 2.54. The second-order valence-electron chi connectivity index (χ2n) is 6.79. The smallest absolute Gasteiger partial charge is 0.494 e. The van der Waals surface area contributed by atoms with Crippen LogP contribution in [0.1, 0.15) is 33.3 Å². The van der Waals surface area contributed by atoms with Crippen LogP contribution in [0.5, 0.6) is 5.75 Å². The number of cyclic esters (lactones) is 1. The van der Waals surface area contributed by atoms with Crippen LogP contribution in [0.25, 0.3) is 5.57 Å². The Bertz CT molecular complexity index is 644. The minimum Gasteiger partial charge on any atom is -0.497 e. The molecular formula is C17H21BO5. The van der Waals surface area contributed by atoms with E-state index in [1.165, 1.54) is 0 Å². The molecule has 0 atom stereocenters. The molecule has 1 aromatic rings. The Hall–Kier alpha value is -1.79. The number of ether oxygens (including phenoxy) is 2. The second-order valence-corrected chi connectivity index (χ2v) is 6.79. The van der Waals surface area contributed by atoms with Crippen molar-refractivity contribution in [2.75, 3.05) is 13.7 Å². The molecule has 0 saturated carbocycles. The second kappa shape index (κ2) is 5.39. The lowest BCUT2D eigenvalue weighted by Gasteiger charge is -2.32. The van der Waals surface area contributed by atoms with Crippen molar-refractivity contribution in [1.29, 1.82) is 0 Å². The minimum absolute atomic E-state index is 0.191. The summed E-state index contributed by atoms with van der Waals surface area (Å²) in [6.07, 6.45) is 0. The van der Waals surface area contributed by atoms with Crippen LogP contribution in [-0.4, -0.2) is 38.0 Å². The number of esters is 1. The Labute approximate surface area is 136 Å². The van der Waals surface area contributed by atoms with Crippen molar-refractivity contribution in [3.8, 4) is 5.75 Å². The van der Waals surface area contributed by atoms with Crippen LogP contribution in [0.15, 0.2) is 29.7 Å². The zero-order valence-corrected chi connectivity index (χ0v) is 14.1. The molecule has 5 nitrogen and oxygen atoms in total. The van der Waals surface area contributed by atoms with Gasteiger partial charge in [0.25, 0.3) is 0 Å². The van der Waals surface area contributed by atoms with E-state index < -0.39 is 18.3 Å². The van der Waals surface area contributed by atoms with Crippen molar-refractivity contribution in [1.82, 2.24) is 0 Å². The maximum absolute atomic E-state index is 12.2. The van der Waals surface area contributed by atoms with E-state index >= 15 is 0 Å². The van der Waals surface area contributed by atoms with Gasteiger partial charge in [0.2, 0.25) is 0 Å². The SMILES string of the molecule is COc1ccc(C2=C(B3OC(C)(C)C(C)(C)O3)COC2=O)cc1. The van der Waals surface area contributed by atoms with Gasteiger partial charge in [-0.2, -0.15) is 0 Å². The Morgan fingerprint density at radius 2 is 1.61 bits per heavy atom. The van der Waals surface area contributed by atoms with Crippen LogP contribution < -0.4 is 4.74 Å². The number of hydrogen-bond donors (Lipinski definition) is 0. The van der Waals surface area contributed by atoms with Gasteiger partial charge in [0.15, 0.2) is 0 Å². The summed E-state index contributed by atoms with van der Waals surface area (Å²) in [6, 6.07) is 7.31. The maximum atomic E-state index is 12.2. The molecule has 2 aliphatic rings. The molecule has 0 radical (unpaired) electrons. The summed E-state index contributed by atoms with van der Waals surface area (Å²) in [6.45, 7) is 8.13. The summed E-state index contributed by atoms with van der Waals surface area (Å²) in [7, 11) is 1.03. The van der Waals surface area contributed by atoms with Crippen LogP contribution in [0, 0.1) is 0 Å². The molecule has 1 fully saturated rings. The van der Waals surface area contributed by atoms with E-state index in [2.05, 4.69) is 0 Å². The third kappa shape index (κ3) is 2.66. The van der Waals surface area contributed by atoms with E-state index in [9.17, 15) is 4.79 Å². The van der Waals surface area contributed by atoms with Crippen LogP contribution in [0.4, 0.5) is 0 Å². The van der Waals surface area contributed by atoms with Gasteiger partial charge in [-0.05, 0) is 45.4 Å². The molecule has 0 amide bonds. The molecule has 2 aliphatic heterocycles. The van der Waals surface area contributed by atoms with E-state index in [4.69, 9.17) is 18.8 Å². The standard InChI is InChI=1S/C17H21BO5/c1-16(2)17(3,4)23-18(22-16)13-10-21-15(19)14(13)11-6-8-12(20-5)9-7-11/h6-9H,10H2,1-5H3. The number of rotatable bonds is 3. The molecule has 0 spiro atoms. The van der Waals surface area contributed by atoms with Crippen LogP contribution in [-0.2, 0) is 18.8 Å². The molecule has 0 N–H and O–H groups in total. The third-order valence-corrected chi connectivity index (χ3v) is 4.80. The van der Waals surface area contributed by atoms with Gasteiger partial charge in [0.05, 0.1) is 23.9 Å². The fraction of sp³-hybridized carbons (Fsp3) is 0.471. The average molecular weight is 316 g/mol. The largest absolute Gasteiger partial charge is 0.497 e. The van der Waals surface area contributed by atoms with Gasteiger partial charge < -0.3 is 18.8 Å². The average Bonchev–Trinajstić information content (AvgIpc) is 2.97. The molecule has 122 valence electrons. The van der Waals surface area contributed by atoms with Gasteiger partial charge in [-0.3, -0.25) is 0 Å². The molecule has 6 heteroatoms. The molecular weight excluding hydrogens is 295 g/mol. The number of hydrogen-bond acceptors (Lipinski definition) is 5. The van der Waals surface area contributed by atoms with Crippen molar-refractivity contribution in [2.45, 2.75) is 38.9 Å². The summed E-state index contributed by atoms with van der Waals surface area (Å²) in [5.74, 6) is 0.387. The van der Waals surface area contributed by atoms with Gasteiger partial charge in [0, 0.05) is 5.47 Å². The molecule has 0 aliphatic carbocycles. The topological polar surface area (TPSA) is 54.0 Å². The number of methoxy groups -OCH3 is 1. The monoisotopic (exact) mass is 316 g/mol. The predicted octanol–water partition coefficient (Wildman–Crippen LogP) is 2.64. The molecule has 1 aromatic carbocycles. The van der Waals surface area contributed by atoms with Crippen molar-refractivity contribution in [3.05, 3.63) is 35.3 Å². The lowest BCUT2D eigenvalue weighted by atomic mass is 9.75. The zero-order chi connectivity index (χ0) is 16.8. The number of carbonyl (C=O) groups is 1. The van der Waals surface area contributed by atoms with E-state index in [0.29, 0.717) is 5.57 Å².